The largest absolute Gasteiger partial charge is 0.487 e. The Morgan fingerprint density at radius 2 is 2.12 bits per heavy atom. The van der Waals surface area contributed by atoms with Gasteiger partial charge in [0.2, 0.25) is 0 Å². The highest BCUT2D eigenvalue weighted by atomic mass is 16.5. The van der Waals surface area contributed by atoms with E-state index in [1.165, 1.54) is 0 Å². The van der Waals surface area contributed by atoms with Gasteiger partial charge in [0.1, 0.15) is 11.4 Å². The van der Waals surface area contributed by atoms with Gasteiger partial charge in [0.15, 0.2) is 5.78 Å². The van der Waals surface area contributed by atoms with Crippen LogP contribution in [0.15, 0.2) is 18.2 Å². The molecule has 0 aliphatic carbocycles. The minimum atomic E-state index is -0.474. The van der Waals surface area contributed by atoms with Crippen molar-refractivity contribution >= 4 is 11.7 Å². The predicted molar refractivity (Wildman–Crippen MR) is 63.5 cm³/mol. The van der Waals surface area contributed by atoms with Crippen LogP contribution in [-0.2, 0) is 0 Å². The minimum Gasteiger partial charge on any atom is -0.487 e. The lowest BCUT2D eigenvalue weighted by Gasteiger charge is -2.31. The maximum atomic E-state index is 12.0. The Balaban J connectivity index is 2.44. The maximum Gasteiger partial charge on any atom is 0.251 e. The van der Waals surface area contributed by atoms with E-state index in [-0.39, 0.29) is 11.7 Å². The predicted octanol–water partition coefficient (Wildman–Crippen LogP) is 1.79. The van der Waals surface area contributed by atoms with Crippen molar-refractivity contribution in [2.75, 3.05) is 7.05 Å². The van der Waals surface area contributed by atoms with Crippen LogP contribution in [0, 0.1) is 0 Å². The van der Waals surface area contributed by atoms with Crippen LogP contribution in [-0.4, -0.2) is 24.3 Å². The molecule has 0 atom stereocenters. The molecule has 0 fully saturated rings. The van der Waals surface area contributed by atoms with Crippen molar-refractivity contribution in [3.8, 4) is 5.75 Å². The molecule has 1 aliphatic heterocycles. The molecule has 1 aliphatic rings. The van der Waals surface area contributed by atoms with Gasteiger partial charge in [-0.1, -0.05) is 0 Å². The second-order valence-electron chi connectivity index (χ2n) is 4.75. The zero-order chi connectivity index (χ0) is 12.6. The maximum absolute atomic E-state index is 12.0. The fourth-order valence-corrected chi connectivity index (χ4v) is 1.94. The number of carbonyl (C=O) groups is 2. The fraction of sp³-hybridized carbons (Fsp3) is 0.385. The van der Waals surface area contributed by atoms with Crippen molar-refractivity contribution in [3.05, 3.63) is 29.3 Å². The van der Waals surface area contributed by atoms with Gasteiger partial charge in [0.05, 0.1) is 12.0 Å². The molecule has 1 heterocycles. The van der Waals surface area contributed by atoms with E-state index in [1.807, 2.05) is 13.8 Å². The smallest absolute Gasteiger partial charge is 0.251 e. The van der Waals surface area contributed by atoms with Gasteiger partial charge in [-0.2, -0.15) is 0 Å². The molecule has 17 heavy (non-hydrogen) atoms. The summed E-state index contributed by atoms with van der Waals surface area (Å²) in [7, 11) is 1.56. The molecular weight excluding hydrogens is 218 g/mol. The Kier molecular flexibility index (Phi) is 2.65. The summed E-state index contributed by atoms with van der Waals surface area (Å²) in [5, 5.41) is 2.53. The standard InChI is InChI=1S/C13H15NO3/c1-13(2)7-10(15)9-6-8(12(16)14-3)4-5-11(9)17-13/h4-6H,7H2,1-3H3,(H,14,16). The van der Waals surface area contributed by atoms with Gasteiger partial charge in [-0.15, -0.1) is 0 Å². The van der Waals surface area contributed by atoms with Gasteiger partial charge in [-0.05, 0) is 32.0 Å². The number of carbonyl (C=O) groups excluding carboxylic acids is 2. The molecule has 2 rings (SSSR count). The number of fused-ring (bicyclic) bond motifs is 1. The molecule has 1 aromatic rings. The molecule has 0 unspecified atom stereocenters. The number of ether oxygens (including phenoxy) is 1. The molecule has 0 spiro atoms. The molecule has 4 nitrogen and oxygen atoms in total. The van der Waals surface area contributed by atoms with E-state index in [4.69, 9.17) is 4.74 Å². The molecule has 0 bridgehead atoms. The number of Topliss-reactive ketones (excluding diaryl/α,β-unsaturated/α-hetero) is 1. The average molecular weight is 233 g/mol. The van der Waals surface area contributed by atoms with Crippen LogP contribution in [0.1, 0.15) is 41.0 Å². The molecular formula is C13H15NO3. The summed E-state index contributed by atoms with van der Waals surface area (Å²) in [5.41, 5.74) is 0.492. The monoisotopic (exact) mass is 233 g/mol. The van der Waals surface area contributed by atoms with Gasteiger partial charge in [-0.25, -0.2) is 0 Å². The van der Waals surface area contributed by atoms with Crippen molar-refractivity contribution in [2.24, 2.45) is 0 Å². The van der Waals surface area contributed by atoms with Crippen molar-refractivity contribution in [2.45, 2.75) is 25.9 Å². The first-order valence-corrected chi connectivity index (χ1v) is 5.51. The Morgan fingerprint density at radius 3 is 2.76 bits per heavy atom. The summed E-state index contributed by atoms with van der Waals surface area (Å²) >= 11 is 0. The van der Waals surface area contributed by atoms with Gasteiger partial charge < -0.3 is 10.1 Å². The third-order valence-corrected chi connectivity index (χ3v) is 2.74. The quantitative estimate of drug-likeness (QED) is 0.804. The normalized spacial score (nSPS) is 17.0. The molecule has 1 aromatic carbocycles. The Labute approximate surface area is 100.0 Å². The second kappa shape index (κ2) is 3.87. The number of benzene rings is 1. The lowest BCUT2D eigenvalue weighted by Crippen LogP contribution is -2.36. The summed E-state index contributed by atoms with van der Waals surface area (Å²) < 4.78 is 5.71. The van der Waals surface area contributed by atoms with Crippen molar-refractivity contribution in [1.82, 2.24) is 5.32 Å². The Morgan fingerprint density at radius 1 is 1.41 bits per heavy atom. The fourth-order valence-electron chi connectivity index (χ4n) is 1.94. The van der Waals surface area contributed by atoms with Gasteiger partial charge in [0.25, 0.3) is 5.91 Å². The molecule has 0 aromatic heterocycles. The summed E-state index contributed by atoms with van der Waals surface area (Å²) in [4.78, 5) is 23.4. The minimum absolute atomic E-state index is 0.0157. The van der Waals surface area contributed by atoms with Crippen LogP contribution in [0.5, 0.6) is 5.75 Å². The number of hydrogen-bond donors (Lipinski definition) is 1. The van der Waals surface area contributed by atoms with Crippen LogP contribution in [0.3, 0.4) is 0 Å². The van der Waals surface area contributed by atoms with Gasteiger partial charge >= 0.3 is 0 Å². The summed E-state index contributed by atoms with van der Waals surface area (Å²) in [5.74, 6) is 0.367. The molecule has 1 N–H and O–H groups in total. The van der Waals surface area contributed by atoms with Crippen LogP contribution < -0.4 is 10.1 Å². The van der Waals surface area contributed by atoms with Crippen LogP contribution in [0.2, 0.25) is 0 Å². The molecule has 0 radical (unpaired) electrons. The van der Waals surface area contributed by atoms with E-state index in [2.05, 4.69) is 5.32 Å². The summed E-state index contributed by atoms with van der Waals surface area (Å²) in [6.45, 7) is 3.75. The SMILES string of the molecule is CNC(=O)c1ccc2c(c1)C(=O)CC(C)(C)O2. The van der Waals surface area contributed by atoms with E-state index in [1.54, 1.807) is 25.2 Å². The lowest BCUT2D eigenvalue weighted by atomic mass is 9.92. The number of rotatable bonds is 1. The molecule has 4 heteroatoms. The first-order valence-electron chi connectivity index (χ1n) is 5.51. The van der Waals surface area contributed by atoms with Crippen LogP contribution in [0.4, 0.5) is 0 Å². The van der Waals surface area contributed by atoms with Crippen LogP contribution in [0.25, 0.3) is 0 Å². The average Bonchev–Trinajstić information content (AvgIpc) is 2.26. The summed E-state index contributed by atoms with van der Waals surface area (Å²) in [6.07, 6.45) is 0.331. The number of amides is 1. The molecule has 0 saturated heterocycles. The zero-order valence-electron chi connectivity index (χ0n) is 10.2. The van der Waals surface area contributed by atoms with E-state index < -0.39 is 5.60 Å². The van der Waals surface area contributed by atoms with Gasteiger partial charge in [0, 0.05) is 12.6 Å². The molecule has 0 saturated carbocycles. The van der Waals surface area contributed by atoms with Crippen molar-refractivity contribution in [3.63, 3.8) is 0 Å². The Bertz CT molecular complexity index is 491. The highest BCUT2D eigenvalue weighted by Crippen LogP contribution is 2.33. The van der Waals surface area contributed by atoms with Crippen molar-refractivity contribution in [1.29, 1.82) is 0 Å². The Hall–Kier alpha value is -1.84. The molecule has 90 valence electrons. The second-order valence-corrected chi connectivity index (χ2v) is 4.75. The first-order chi connectivity index (χ1) is 7.93. The number of nitrogens with one attached hydrogen (secondary N) is 1. The third kappa shape index (κ3) is 2.16. The van der Waals surface area contributed by atoms with E-state index in [0.29, 0.717) is 23.3 Å². The van der Waals surface area contributed by atoms with E-state index >= 15 is 0 Å². The van der Waals surface area contributed by atoms with E-state index in [9.17, 15) is 9.59 Å². The molecule has 1 amide bonds. The highest BCUT2D eigenvalue weighted by molar-refractivity contribution is 6.03. The van der Waals surface area contributed by atoms with Crippen LogP contribution >= 0.6 is 0 Å². The topological polar surface area (TPSA) is 55.4 Å². The zero-order valence-corrected chi connectivity index (χ0v) is 10.2. The third-order valence-electron chi connectivity index (χ3n) is 2.74. The highest BCUT2D eigenvalue weighted by Gasteiger charge is 2.32. The van der Waals surface area contributed by atoms with Crippen molar-refractivity contribution < 1.29 is 14.3 Å². The lowest BCUT2D eigenvalue weighted by molar-refractivity contribution is 0.0620. The summed E-state index contributed by atoms with van der Waals surface area (Å²) in [6, 6.07) is 4.93. The van der Waals surface area contributed by atoms with Gasteiger partial charge in [-0.3, -0.25) is 9.59 Å². The van der Waals surface area contributed by atoms with E-state index in [0.717, 1.165) is 0 Å². The first kappa shape index (κ1) is 11.6. The number of hydrogen-bond acceptors (Lipinski definition) is 3. The number of ketones is 1.